The molecule has 280 valence electrons. The zero-order valence-electron chi connectivity index (χ0n) is 32.5. The van der Waals surface area contributed by atoms with Crippen molar-refractivity contribution in [2.45, 2.75) is 20.3 Å². The van der Waals surface area contributed by atoms with Gasteiger partial charge in [0.25, 0.3) is 0 Å². The van der Waals surface area contributed by atoms with E-state index in [1.807, 2.05) is 111 Å². The Bertz CT molecular complexity index is 3190. The summed E-state index contributed by atoms with van der Waals surface area (Å²) in [5, 5.41) is 3.08. The van der Waals surface area contributed by atoms with Crippen molar-refractivity contribution in [1.29, 1.82) is 0 Å². The number of rotatable bonds is 7. The molecule has 6 aromatic carbocycles. The smallest absolute Gasteiger partial charge is 0.455 e. The number of amidine groups is 1. The molecule has 3 aromatic heterocycles. The van der Waals surface area contributed by atoms with Crippen LogP contribution >= 0.6 is 0 Å². The molecule has 59 heavy (non-hydrogen) atoms. The van der Waals surface area contributed by atoms with Crippen molar-refractivity contribution < 1.29 is 39.9 Å². The van der Waals surface area contributed by atoms with Gasteiger partial charge in [-0.1, -0.05) is 122 Å². The standard InChI is InChI=1S/C52H36N4O2.U/c1-3-44(34-18-6-4-7-19-34)54-51(53-33(2)38-28-17-29-41-40-25-12-14-30-45(40)57-49(38)41)37-23-16-22-36(32-37)39-24-10-11-26-42(39)52-55-47(35-20-8-5-9-21-35)50-48(56-52)43-27-13-15-31-46(43)58-50;/h3-15,17-23,25-32H,16H2,1-2H3;/q-2;+2/b44-3-,53-33?,54-51?;. The van der Waals surface area contributed by atoms with Crippen molar-refractivity contribution in [2.24, 2.45) is 9.98 Å². The second-order valence-corrected chi connectivity index (χ2v) is 14.1. The van der Waals surface area contributed by atoms with Gasteiger partial charge in [-0.25, -0.2) is 38.0 Å². The first-order valence-corrected chi connectivity index (χ1v) is 19.4. The van der Waals surface area contributed by atoms with Crippen LogP contribution in [0.2, 0.25) is 0 Å². The van der Waals surface area contributed by atoms with Crippen LogP contribution in [0, 0.1) is 43.6 Å². The molecule has 0 saturated carbocycles. The molecule has 9 aromatic rings. The molecule has 0 amide bonds. The third-order valence-electron chi connectivity index (χ3n) is 10.5. The number of furan rings is 2. The van der Waals surface area contributed by atoms with Gasteiger partial charge in [0.1, 0.15) is 39.6 Å². The molecular formula is C52H36N4O2U. The van der Waals surface area contributed by atoms with Crippen molar-refractivity contribution in [1.82, 2.24) is 9.97 Å². The first-order chi connectivity index (χ1) is 28.6. The topological polar surface area (TPSA) is 76.8 Å². The number of aromatic nitrogens is 2. The van der Waals surface area contributed by atoms with Gasteiger partial charge in [0.2, 0.25) is 0 Å². The molecule has 0 saturated heterocycles. The second-order valence-electron chi connectivity index (χ2n) is 14.1. The third-order valence-corrected chi connectivity index (χ3v) is 10.5. The summed E-state index contributed by atoms with van der Waals surface area (Å²) in [5.74, 6) is 1.19. The predicted octanol–water partition coefficient (Wildman–Crippen LogP) is 13.3. The molecule has 0 bridgehead atoms. The molecule has 0 N–H and O–H groups in total. The summed E-state index contributed by atoms with van der Waals surface area (Å²) in [7, 11) is 0. The molecule has 0 spiro atoms. The van der Waals surface area contributed by atoms with Gasteiger partial charge in [-0.05, 0) is 49.2 Å². The quantitative estimate of drug-likeness (QED) is 0.0906. The molecule has 0 radical (unpaired) electrons. The van der Waals surface area contributed by atoms with E-state index < -0.39 is 0 Å². The van der Waals surface area contributed by atoms with Crippen molar-refractivity contribution in [3.05, 3.63) is 199 Å². The fourth-order valence-electron chi connectivity index (χ4n) is 7.72. The van der Waals surface area contributed by atoms with E-state index in [2.05, 4.69) is 79.2 Å². The number of hydrogen-bond donors (Lipinski definition) is 0. The van der Waals surface area contributed by atoms with E-state index in [-0.39, 0.29) is 31.1 Å². The summed E-state index contributed by atoms with van der Waals surface area (Å²) in [6, 6.07) is 52.2. The number of para-hydroxylation sites is 3. The molecule has 7 heteroatoms. The van der Waals surface area contributed by atoms with E-state index in [4.69, 9.17) is 28.8 Å². The van der Waals surface area contributed by atoms with Crippen molar-refractivity contribution >= 4 is 66.8 Å². The molecule has 0 aliphatic heterocycles. The minimum atomic E-state index is 0. The summed E-state index contributed by atoms with van der Waals surface area (Å²) < 4.78 is 12.8. The zero-order chi connectivity index (χ0) is 39.0. The number of aliphatic imine (C=N–C) groups is 2. The monoisotopic (exact) mass is 986 g/mol. The second kappa shape index (κ2) is 16.4. The van der Waals surface area contributed by atoms with E-state index in [0.717, 1.165) is 94.5 Å². The van der Waals surface area contributed by atoms with Crippen LogP contribution < -0.4 is 0 Å². The Morgan fingerprint density at radius 2 is 1.41 bits per heavy atom. The van der Waals surface area contributed by atoms with Crippen LogP contribution in [-0.2, 0) is 0 Å². The Kier molecular flexibility index (Phi) is 10.6. The number of nitrogens with zero attached hydrogens (tertiary/aromatic N) is 4. The molecular weight excluding hydrogens is 951 g/mol. The molecule has 0 unspecified atom stereocenters. The van der Waals surface area contributed by atoms with Crippen LogP contribution in [0.3, 0.4) is 0 Å². The van der Waals surface area contributed by atoms with Crippen LogP contribution in [0.25, 0.3) is 77.9 Å². The van der Waals surface area contributed by atoms with Crippen molar-refractivity contribution in [2.75, 3.05) is 0 Å². The van der Waals surface area contributed by atoms with Gasteiger partial charge in [0.05, 0.1) is 11.4 Å². The van der Waals surface area contributed by atoms with Gasteiger partial charge in [-0.15, -0.1) is 17.7 Å². The number of allylic oxidation sites excluding steroid dienone is 3. The molecule has 1 aliphatic rings. The fourth-order valence-corrected chi connectivity index (χ4v) is 7.72. The van der Waals surface area contributed by atoms with Crippen LogP contribution in [0.1, 0.15) is 37.0 Å². The van der Waals surface area contributed by atoms with Gasteiger partial charge in [-0.2, -0.15) is 12.1 Å². The van der Waals surface area contributed by atoms with Crippen LogP contribution in [0.4, 0.5) is 0 Å². The molecule has 0 fully saturated rings. The summed E-state index contributed by atoms with van der Waals surface area (Å²) in [5.41, 5.74) is 12.7. The molecule has 0 atom stereocenters. The number of fused-ring (bicyclic) bond motifs is 6. The largest absolute Gasteiger partial charge is 2.00 e. The maximum Gasteiger partial charge on any atom is 2.00 e. The Balaban J connectivity index is 0.00000449. The normalized spacial score (nSPS) is 13.7. The summed E-state index contributed by atoms with van der Waals surface area (Å²) in [6.45, 7) is 4.03. The van der Waals surface area contributed by atoms with E-state index in [1.165, 1.54) is 0 Å². The summed E-state index contributed by atoms with van der Waals surface area (Å²) in [6.07, 6.45) is 9.24. The SMILES string of the molecule is C/C=C(\N=C(N=C(C)c1cccc2c1oc1ccccc12)C1=CC[CH-]C(c2[c-]cccc2-c2nc(-c3ccccc3)c3oc4ccccc4c3n2)=C1)c1ccccc1.[U+2]. The maximum atomic E-state index is 6.43. The van der Waals surface area contributed by atoms with E-state index >= 15 is 0 Å². The summed E-state index contributed by atoms with van der Waals surface area (Å²) >= 11 is 0. The number of hydrogen-bond acceptors (Lipinski definition) is 5. The van der Waals surface area contributed by atoms with Crippen LogP contribution in [-0.4, -0.2) is 21.5 Å². The average molecular weight is 987 g/mol. The van der Waals surface area contributed by atoms with Crippen molar-refractivity contribution in [3.63, 3.8) is 0 Å². The van der Waals surface area contributed by atoms with Gasteiger partial charge >= 0.3 is 31.1 Å². The zero-order valence-corrected chi connectivity index (χ0v) is 36.6. The Morgan fingerprint density at radius 1 is 0.712 bits per heavy atom. The van der Waals surface area contributed by atoms with Gasteiger partial charge < -0.3 is 8.83 Å². The molecule has 3 heterocycles. The Hall–Kier alpha value is -6.52. The van der Waals surface area contributed by atoms with Gasteiger partial charge in [0, 0.05) is 27.3 Å². The average Bonchev–Trinajstić information content (AvgIpc) is 3.87. The van der Waals surface area contributed by atoms with Gasteiger partial charge in [0.15, 0.2) is 5.58 Å². The Labute approximate surface area is 365 Å². The first-order valence-electron chi connectivity index (χ1n) is 19.4. The van der Waals surface area contributed by atoms with E-state index in [0.29, 0.717) is 23.7 Å². The van der Waals surface area contributed by atoms with Crippen molar-refractivity contribution in [3.8, 4) is 22.6 Å². The third kappa shape index (κ3) is 7.18. The van der Waals surface area contributed by atoms with E-state index in [9.17, 15) is 0 Å². The molecule has 10 rings (SSSR count). The molecule has 1 aliphatic carbocycles. The summed E-state index contributed by atoms with van der Waals surface area (Å²) in [4.78, 5) is 21.0. The minimum Gasteiger partial charge on any atom is -0.455 e. The van der Waals surface area contributed by atoms with Crippen LogP contribution in [0.5, 0.6) is 0 Å². The first kappa shape index (κ1) is 38.0. The fraction of sp³-hybridized carbons (Fsp3) is 0.0577. The van der Waals surface area contributed by atoms with Gasteiger partial charge in [-0.3, -0.25) is 5.57 Å². The predicted molar refractivity (Wildman–Crippen MR) is 237 cm³/mol. The van der Waals surface area contributed by atoms with Crippen LogP contribution in [0.15, 0.2) is 188 Å². The number of benzene rings is 6. The van der Waals surface area contributed by atoms with E-state index in [1.54, 1.807) is 0 Å². The maximum absolute atomic E-state index is 6.43. The minimum absolute atomic E-state index is 0. The Morgan fingerprint density at radius 3 is 2.20 bits per heavy atom. The molecule has 6 nitrogen and oxygen atoms in total.